The second-order valence-electron chi connectivity index (χ2n) is 7.50. The standard InChI is InChI=1S/C18H31N5O2/c1-14(2)5-11-23-12-8-16(20-23)19-18(25)22-9-6-15(7-10-22)13-17(24)21(3)4/h8,12,14-15H,5-7,9-11,13H2,1-4H3,(H,19,20,25). The summed E-state index contributed by atoms with van der Waals surface area (Å²) in [6, 6.07) is 1.73. The summed E-state index contributed by atoms with van der Waals surface area (Å²) < 4.78 is 1.87. The topological polar surface area (TPSA) is 70.5 Å². The lowest BCUT2D eigenvalue weighted by molar-refractivity contribution is -0.129. The fourth-order valence-electron chi connectivity index (χ4n) is 2.90. The third-order valence-electron chi connectivity index (χ3n) is 4.68. The minimum absolute atomic E-state index is 0.105. The minimum Gasteiger partial charge on any atom is -0.349 e. The van der Waals surface area contributed by atoms with Gasteiger partial charge in [-0.1, -0.05) is 13.8 Å². The van der Waals surface area contributed by atoms with Crippen molar-refractivity contribution in [2.45, 2.75) is 46.1 Å². The molecular weight excluding hydrogens is 318 g/mol. The van der Waals surface area contributed by atoms with Crippen LogP contribution >= 0.6 is 0 Å². The first-order chi connectivity index (χ1) is 11.8. The van der Waals surface area contributed by atoms with Crippen LogP contribution in [0.25, 0.3) is 0 Å². The molecule has 1 saturated heterocycles. The van der Waals surface area contributed by atoms with Crippen LogP contribution in [-0.4, -0.2) is 58.7 Å². The van der Waals surface area contributed by atoms with Crippen molar-refractivity contribution in [2.75, 3.05) is 32.5 Å². The van der Waals surface area contributed by atoms with E-state index in [0.29, 0.717) is 37.2 Å². The number of aryl methyl sites for hydroxylation is 1. The highest BCUT2D eigenvalue weighted by Crippen LogP contribution is 2.21. The zero-order chi connectivity index (χ0) is 18.4. The maximum absolute atomic E-state index is 12.4. The van der Waals surface area contributed by atoms with Gasteiger partial charge in [0, 0.05) is 52.4 Å². The van der Waals surface area contributed by atoms with E-state index < -0.39 is 0 Å². The molecule has 0 aliphatic carbocycles. The number of nitrogens with zero attached hydrogens (tertiary/aromatic N) is 4. The molecule has 1 fully saturated rings. The summed E-state index contributed by atoms with van der Waals surface area (Å²) in [5, 5.41) is 7.27. The Hall–Kier alpha value is -2.05. The lowest BCUT2D eigenvalue weighted by Crippen LogP contribution is -2.41. The zero-order valence-electron chi connectivity index (χ0n) is 15.9. The smallest absolute Gasteiger partial charge is 0.323 e. The average Bonchev–Trinajstić information content (AvgIpc) is 3.01. The van der Waals surface area contributed by atoms with Crippen molar-refractivity contribution >= 4 is 17.8 Å². The first kappa shape index (κ1) is 19.3. The molecule has 0 radical (unpaired) electrons. The molecule has 2 heterocycles. The van der Waals surface area contributed by atoms with E-state index >= 15 is 0 Å². The van der Waals surface area contributed by atoms with Gasteiger partial charge in [0.05, 0.1) is 0 Å². The number of piperidine rings is 1. The van der Waals surface area contributed by atoms with Crippen LogP contribution in [0.5, 0.6) is 0 Å². The Morgan fingerprint density at radius 3 is 2.60 bits per heavy atom. The van der Waals surface area contributed by atoms with Gasteiger partial charge < -0.3 is 9.80 Å². The molecule has 0 atom stereocenters. The molecule has 1 aliphatic heterocycles. The zero-order valence-corrected chi connectivity index (χ0v) is 15.9. The number of carbonyl (C=O) groups is 2. The van der Waals surface area contributed by atoms with E-state index in [4.69, 9.17) is 0 Å². The number of likely N-dealkylation sites (tertiary alicyclic amines) is 1. The number of amides is 3. The Balaban J connectivity index is 1.76. The Labute approximate surface area is 150 Å². The number of hydrogen-bond donors (Lipinski definition) is 1. The number of hydrogen-bond acceptors (Lipinski definition) is 3. The number of carbonyl (C=O) groups excluding carboxylic acids is 2. The number of aromatic nitrogens is 2. The lowest BCUT2D eigenvalue weighted by Gasteiger charge is -2.31. The van der Waals surface area contributed by atoms with Crippen LogP contribution in [0.1, 0.15) is 39.5 Å². The van der Waals surface area contributed by atoms with Gasteiger partial charge in [0.25, 0.3) is 0 Å². The van der Waals surface area contributed by atoms with E-state index in [0.717, 1.165) is 25.8 Å². The van der Waals surface area contributed by atoms with E-state index in [1.165, 1.54) is 0 Å². The van der Waals surface area contributed by atoms with Gasteiger partial charge in [-0.05, 0) is 31.1 Å². The average molecular weight is 349 g/mol. The van der Waals surface area contributed by atoms with Gasteiger partial charge in [-0.15, -0.1) is 0 Å². The second kappa shape index (κ2) is 8.87. The molecular formula is C18H31N5O2. The molecule has 1 aromatic rings. The highest BCUT2D eigenvalue weighted by atomic mass is 16.2. The van der Waals surface area contributed by atoms with Crippen molar-refractivity contribution in [3.05, 3.63) is 12.3 Å². The molecule has 1 aliphatic rings. The van der Waals surface area contributed by atoms with Crippen LogP contribution in [0, 0.1) is 11.8 Å². The molecule has 3 amide bonds. The van der Waals surface area contributed by atoms with Crippen molar-refractivity contribution in [3.8, 4) is 0 Å². The number of urea groups is 1. The third kappa shape index (κ3) is 6.07. The molecule has 140 valence electrons. The summed E-state index contributed by atoms with van der Waals surface area (Å²) >= 11 is 0. The molecule has 7 nitrogen and oxygen atoms in total. The summed E-state index contributed by atoms with van der Waals surface area (Å²) in [5.41, 5.74) is 0. The number of rotatable bonds is 6. The molecule has 25 heavy (non-hydrogen) atoms. The highest BCUT2D eigenvalue weighted by Gasteiger charge is 2.25. The Kier molecular flexibility index (Phi) is 6.84. The lowest BCUT2D eigenvalue weighted by atomic mass is 9.93. The molecule has 0 aromatic carbocycles. The van der Waals surface area contributed by atoms with Crippen LogP contribution in [-0.2, 0) is 11.3 Å². The molecule has 0 unspecified atom stereocenters. The summed E-state index contributed by atoms with van der Waals surface area (Å²) in [6.07, 6.45) is 5.28. The van der Waals surface area contributed by atoms with E-state index in [9.17, 15) is 9.59 Å². The maximum Gasteiger partial charge on any atom is 0.323 e. The van der Waals surface area contributed by atoms with Crippen LogP contribution in [0.3, 0.4) is 0 Å². The van der Waals surface area contributed by atoms with Gasteiger partial charge in [-0.3, -0.25) is 14.8 Å². The van der Waals surface area contributed by atoms with E-state index in [1.807, 2.05) is 21.8 Å². The van der Waals surface area contributed by atoms with Crippen molar-refractivity contribution in [3.63, 3.8) is 0 Å². The van der Waals surface area contributed by atoms with Gasteiger partial charge in [0.1, 0.15) is 0 Å². The number of nitrogens with one attached hydrogen (secondary N) is 1. The van der Waals surface area contributed by atoms with Crippen LogP contribution < -0.4 is 5.32 Å². The Bertz CT molecular complexity index is 574. The minimum atomic E-state index is -0.105. The molecule has 2 rings (SSSR count). The normalized spacial score (nSPS) is 15.5. The number of anilines is 1. The van der Waals surface area contributed by atoms with Crippen LogP contribution in [0.15, 0.2) is 12.3 Å². The maximum atomic E-state index is 12.4. The summed E-state index contributed by atoms with van der Waals surface area (Å²) in [4.78, 5) is 27.6. The van der Waals surface area contributed by atoms with Crippen LogP contribution in [0.4, 0.5) is 10.6 Å². The predicted octanol–water partition coefficient (Wildman–Crippen LogP) is 2.65. The van der Waals surface area contributed by atoms with E-state index in [2.05, 4.69) is 24.3 Å². The first-order valence-corrected chi connectivity index (χ1v) is 9.14. The van der Waals surface area contributed by atoms with Gasteiger partial charge >= 0.3 is 6.03 Å². The molecule has 1 aromatic heterocycles. The third-order valence-corrected chi connectivity index (χ3v) is 4.68. The predicted molar refractivity (Wildman–Crippen MR) is 98.3 cm³/mol. The molecule has 0 spiro atoms. The second-order valence-corrected chi connectivity index (χ2v) is 7.50. The summed E-state index contributed by atoms with van der Waals surface area (Å²) in [6.45, 7) is 6.60. The molecule has 0 saturated carbocycles. The molecule has 7 heteroatoms. The van der Waals surface area contributed by atoms with Crippen molar-refractivity contribution in [1.29, 1.82) is 0 Å². The quantitative estimate of drug-likeness (QED) is 0.858. The SMILES string of the molecule is CC(C)CCn1ccc(NC(=O)N2CCC(CC(=O)N(C)C)CC2)n1. The van der Waals surface area contributed by atoms with Crippen molar-refractivity contribution in [2.24, 2.45) is 11.8 Å². The summed E-state index contributed by atoms with van der Waals surface area (Å²) in [7, 11) is 3.57. The highest BCUT2D eigenvalue weighted by molar-refractivity contribution is 5.88. The monoisotopic (exact) mass is 349 g/mol. The molecule has 1 N–H and O–H groups in total. The van der Waals surface area contributed by atoms with Gasteiger partial charge in [-0.2, -0.15) is 5.10 Å². The van der Waals surface area contributed by atoms with E-state index in [1.54, 1.807) is 19.0 Å². The van der Waals surface area contributed by atoms with Crippen molar-refractivity contribution < 1.29 is 9.59 Å². The van der Waals surface area contributed by atoms with E-state index in [-0.39, 0.29) is 11.9 Å². The fraction of sp³-hybridized carbons (Fsp3) is 0.722. The fourth-order valence-corrected chi connectivity index (χ4v) is 2.90. The van der Waals surface area contributed by atoms with Crippen molar-refractivity contribution in [1.82, 2.24) is 19.6 Å². The molecule has 0 bridgehead atoms. The van der Waals surface area contributed by atoms with Gasteiger partial charge in [0.15, 0.2) is 5.82 Å². The van der Waals surface area contributed by atoms with Gasteiger partial charge in [-0.25, -0.2) is 4.79 Å². The summed E-state index contributed by atoms with van der Waals surface area (Å²) in [5.74, 6) is 1.76. The Morgan fingerprint density at radius 1 is 1.32 bits per heavy atom. The Morgan fingerprint density at radius 2 is 2.00 bits per heavy atom. The van der Waals surface area contributed by atoms with Crippen LogP contribution in [0.2, 0.25) is 0 Å². The first-order valence-electron chi connectivity index (χ1n) is 9.14. The van der Waals surface area contributed by atoms with Gasteiger partial charge in [0.2, 0.25) is 5.91 Å². The largest absolute Gasteiger partial charge is 0.349 e.